The highest BCUT2D eigenvalue weighted by atomic mass is 16.6. The van der Waals surface area contributed by atoms with Crippen LogP contribution in [0.4, 0.5) is 0 Å². The largest absolute Gasteiger partial charge is 0.462 e. The SMILES string of the molecule is C=CCC1[C@@]2(C)CC[C@H](O)[C@](C)(COC(=O)/C(C)=C\C)C2CC[C@@]1(C)[C@@]1(C)CC2CC(C)(C)[C@@H](O)[C@H](OC(=O)/C(C)=C\C)[C@]2(CO)[C@H](O)C1. The maximum atomic E-state index is 13.1. The lowest BCUT2D eigenvalue weighted by atomic mass is 9.35. The zero-order valence-electron chi connectivity index (χ0n) is 32.0. The average Bonchev–Trinajstić information content (AvgIpc) is 3.04. The number of aliphatic hydroxyl groups is 4. The fourth-order valence-electron chi connectivity index (χ4n) is 11.6. The van der Waals surface area contributed by atoms with E-state index in [0.717, 1.165) is 25.7 Å². The number of allylic oxidation sites excluding steroid dienone is 3. The van der Waals surface area contributed by atoms with E-state index in [2.05, 4.69) is 34.3 Å². The minimum absolute atomic E-state index is 0.0940. The molecule has 0 bridgehead atoms. The number of carbonyl (C=O) groups excluding carboxylic acids is 2. The zero-order valence-corrected chi connectivity index (χ0v) is 32.0. The second-order valence-corrected chi connectivity index (χ2v) is 18.1. The molecule has 0 aromatic carbocycles. The van der Waals surface area contributed by atoms with Crippen LogP contribution in [0.3, 0.4) is 0 Å². The first-order chi connectivity index (χ1) is 22.7. The van der Waals surface area contributed by atoms with Gasteiger partial charge < -0.3 is 29.9 Å². The van der Waals surface area contributed by atoms with E-state index in [1.54, 1.807) is 32.9 Å². The summed E-state index contributed by atoms with van der Waals surface area (Å²) < 4.78 is 11.9. The lowest BCUT2D eigenvalue weighted by Gasteiger charge is -2.70. The van der Waals surface area contributed by atoms with Crippen LogP contribution >= 0.6 is 0 Å². The average molecular weight is 687 g/mol. The molecular formula is C41H66O8. The van der Waals surface area contributed by atoms with Crippen LogP contribution in [0, 0.1) is 50.2 Å². The Morgan fingerprint density at radius 1 is 0.857 bits per heavy atom. The Balaban J connectivity index is 1.75. The smallest absolute Gasteiger partial charge is 0.333 e. The van der Waals surface area contributed by atoms with Crippen molar-refractivity contribution in [1.29, 1.82) is 0 Å². The third-order valence-electron chi connectivity index (χ3n) is 15.3. The molecule has 4 saturated carbocycles. The normalized spacial score (nSPS) is 45.5. The maximum Gasteiger partial charge on any atom is 0.333 e. The van der Waals surface area contributed by atoms with Crippen LogP contribution < -0.4 is 0 Å². The van der Waals surface area contributed by atoms with Crippen LogP contribution in [0.1, 0.15) is 121 Å². The topological polar surface area (TPSA) is 134 Å². The third kappa shape index (κ3) is 6.18. The quantitative estimate of drug-likeness (QED) is 0.120. The molecule has 0 spiro atoms. The number of carbonyl (C=O) groups is 2. The van der Waals surface area contributed by atoms with Gasteiger partial charge in [0, 0.05) is 16.6 Å². The number of rotatable bonds is 9. The van der Waals surface area contributed by atoms with Gasteiger partial charge in [-0.25, -0.2) is 9.59 Å². The Morgan fingerprint density at radius 2 is 1.47 bits per heavy atom. The van der Waals surface area contributed by atoms with Crippen molar-refractivity contribution in [3.8, 4) is 0 Å². The second kappa shape index (κ2) is 13.9. The number of hydrogen-bond donors (Lipinski definition) is 4. The van der Waals surface area contributed by atoms with Gasteiger partial charge in [0.25, 0.3) is 0 Å². The second-order valence-electron chi connectivity index (χ2n) is 18.1. The van der Waals surface area contributed by atoms with Gasteiger partial charge in [0.2, 0.25) is 0 Å². The number of fused-ring (bicyclic) bond motifs is 2. The van der Waals surface area contributed by atoms with Crippen molar-refractivity contribution >= 4 is 11.9 Å². The first kappa shape index (κ1) is 39.8. The van der Waals surface area contributed by atoms with E-state index in [4.69, 9.17) is 9.47 Å². The summed E-state index contributed by atoms with van der Waals surface area (Å²) >= 11 is 0. The third-order valence-corrected chi connectivity index (χ3v) is 15.3. The minimum atomic E-state index is -1.20. The van der Waals surface area contributed by atoms with Crippen LogP contribution in [0.2, 0.25) is 0 Å². The van der Waals surface area contributed by atoms with Crippen LogP contribution in [-0.2, 0) is 19.1 Å². The van der Waals surface area contributed by atoms with Crippen LogP contribution in [0.15, 0.2) is 36.0 Å². The van der Waals surface area contributed by atoms with E-state index in [1.165, 1.54) is 0 Å². The molecule has 8 heteroatoms. The van der Waals surface area contributed by atoms with E-state index in [-0.39, 0.29) is 46.6 Å². The van der Waals surface area contributed by atoms with Crippen molar-refractivity contribution < 1.29 is 39.5 Å². The van der Waals surface area contributed by atoms with E-state index in [9.17, 15) is 30.0 Å². The minimum Gasteiger partial charge on any atom is -0.462 e. The summed E-state index contributed by atoms with van der Waals surface area (Å²) in [5.41, 5.74) is -2.32. The molecule has 278 valence electrons. The van der Waals surface area contributed by atoms with Gasteiger partial charge >= 0.3 is 11.9 Å². The van der Waals surface area contributed by atoms with Crippen LogP contribution in [-0.4, -0.2) is 70.0 Å². The highest BCUT2D eigenvalue weighted by molar-refractivity contribution is 5.88. The van der Waals surface area contributed by atoms with Crippen molar-refractivity contribution in [2.45, 2.75) is 145 Å². The molecule has 4 fully saturated rings. The van der Waals surface area contributed by atoms with Crippen molar-refractivity contribution in [2.24, 2.45) is 50.2 Å². The fraction of sp³-hybridized carbons (Fsp3) is 0.805. The summed E-state index contributed by atoms with van der Waals surface area (Å²) in [5.74, 6) is -0.866. The van der Waals surface area contributed by atoms with Crippen molar-refractivity contribution in [3.63, 3.8) is 0 Å². The van der Waals surface area contributed by atoms with Gasteiger partial charge in [0.15, 0.2) is 0 Å². The Kier molecular flexibility index (Phi) is 11.2. The van der Waals surface area contributed by atoms with Crippen LogP contribution in [0.5, 0.6) is 0 Å². The van der Waals surface area contributed by atoms with Gasteiger partial charge in [-0.3, -0.25) is 0 Å². The summed E-state index contributed by atoms with van der Waals surface area (Å²) in [4.78, 5) is 25.9. The molecule has 49 heavy (non-hydrogen) atoms. The van der Waals surface area contributed by atoms with Crippen molar-refractivity contribution in [1.82, 2.24) is 0 Å². The Bertz CT molecular complexity index is 1330. The summed E-state index contributed by atoms with van der Waals surface area (Å²) in [6.45, 7) is 24.0. The molecule has 0 aromatic rings. The highest BCUT2D eigenvalue weighted by Crippen LogP contribution is 2.73. The van der Waals surface area contributed by atoms with E-state index in [1.807, 2.05) is 26.8 Å². The molecular weight excluding hydrogens is 620 g/mol. The molecule has 0 aliphatic heterocycles. The summed E-state index contributed by atoms with van der Waals surface area (Å²) in [6, 6.07) is 0. The van der Waals surface area contributed by atoms with E-state index in [0.29, 0.717) is 36.8 Å². The lowest BCUT2D eigenvalue weighted by Crippen LogP contribution is -2.71. The standard InChI is InChI=1S/C41H66O8/c1-12-15-29-38(9)18-17-30(43)39(10,24-48-34(46)25(4)13-2)28(38)16-19-40(29,11)37(8)21-27-20-36(6,7)32(45)33(49-35(47)26(5)14-3)41(27,23-42)31(44)22-37/h12-14,27-33,42-45H,1,15-24H2,2-11H3/b25-13-,26-14-/t27?,28?,29?,30-,31+,32-,33-,37-,38-,39+,40+,41-/m0/s1. The molecule has 4 rings (SSSR count). The predicted octanol–water partition coefficient (Wildman–Crippen LogP) is 6.70. The zero-order chi connectivity index (χ0) is 37.0. The summed E-state index contributed by atoms with van der Waals surface area (Å²) in [5, 5.41) is 46.7. The van der Waals surface area contributed by atoms with Gasteiger partial charge in [-0.1, -0.05) is 59.8 Å². The van der Waals surface area contributed by atoms with Crippen LogP contribution in [0.25, 0.3) is 0 Å². The van der Waals surface area contributed by atoms with E-state index >= 15 is 0 Å². The molecule has 0 heterocycles. The van der Waals surface area contributed by atoms with E-state index < -0.39 is 53.2 Å². The molecule has 0 saturated heterocycles. The Morgan fingerprint density at radius 3 is 2.04 bits per heavy atom. The fourth-order valence-corrected chi connectivity index (χ4v) is 11.6. The highest BCUT2D eigenvalue weighted by Gasteiger charge is 2.70. The predicted molar refractivity (Wildman–Crippen MR) is 191 cm³/mol. The first-order valence-electron chi connectivity index (χ1n) is 18.6. The molecule has 4 N–H and O–H groups in total. The Labute approximate surface area is 295 Å². The molecule has 8 nitrogen and oxygen atoms in total. The number of hydrogen-bond acceptors (Lipinski definition) is 8. The molecule has 4 aliphatic rings. The summed E-state index contributed by atoms with van der Waals surface area (Å²) in [7, 11) is 0. The van der Waals surface area contributed by atoms with Gasteiger partial charge in [0.1, 0.15) is 6.10 Å². The Hall–Kier alpha value is -2.00. The molecule has 0 amide bonds. The lowest BCUT2D eigenvalue weighted by molar-refractivity contribution is -0.278. The molecule has 12 atom stereocenters. The van der Waals surface area contributed by atoms with Gasteiger partial charge in [-0.2, -0.15) is 0 Å². The monoisotopic (exact) mass is 686 g/mol. The number of esters is 2. The van der Waals surface area contributed by atoms with Crippen molar-refractivity contribution in [3.05, 3.63) is 36.0 Å². The first-order valence-corrected chi connectivity index (χ1v) is 18.6. The van der Waals surface area contributed by atoms with Gasteiger partial charge in [-0.05, 0) is 118 Å². The van der Waals surface area contributed by atoms with Crippen molar-refractivity contribution in [2.75, 3.05) is 13.2 Å². The van der Waals surface area contributed by atoms with Gasteiger partial charge in [0.05, 0.1) is 36.9 Å². The summed E-state index contributed by atoms with van der Waals surface area (Å²) in [6.07, 6.45) is 7.22. The number of ether oxygens (including phenoxy) is 2. The molecule has 0 radical (unpaired) electrons. The number of aliphatic hydroxyl groups excluding tert-OH is 4. The molecule has 4 aliphatic carbocycles. The van der Waals surface area contributed by atoms with Gasteiger partial charge in [-0.15, -0.1) is 6.58 Å². The molecule has 0 aromatic heterocycles. The maximum absolute atomic E-state index is 13.1. The molecule has 3 unspecified atom stereocenters.